The number of nitrogens with zero attached hydrogens (tertiary/aromatic N) is 1. The summed E-state index contributed by atoms with van der Waals surface area (Å²) in [5.41, 5.74) is 0. The fourth-order valence-corrected chi connectivity index (χ4v) is 0. The van der Waals surface area contributed by atoms with E-state index in [4.69, 9.17) is 0 Å². The molecule has 0 rings (SSSR count). The summed E-state index contributed by atoms with van der Waals surface area (Å²) in [4.78, 5) is 0. The van der Waals surface area contributed by atoms with Gasteiger partial charge >= 0.3 is 0 Å². The van der Waals surface area contributed by atoms with E-state index in [0.717, 1.165) is 4.48 Å². The lowest BCUT2D eigenvalue weighted by Gasteiger charge is -2.19. The van der Waals surface area contributed by atoms with Gasteiger partial charge in [-0.15, -0.1) is 0 Å². The topological polar surface area (TPSA) is 0 Å². The van der Waals surface area contributed by atoms with Crippen LogP contribution in [0.2, 0.25) is 0 Å². The molecule has 6 heavy (non-hydrogen) atoms. The van der Waals surface area contributed by atoms with E-state index in [1.807, 2.05) is 0 Å². The number of halogens is 1. The highest BCUT2D eigenvalue weighted by atomic mass is 127. The Balaban J connectivity index is 3.17. The summed E-state index contributed by atoms with van der Waals surface area (Å²) in [5, 5.41) is 0. The Labute approximate surface area is 53.1 Å². The minimum absolute atomic E-state index is 1.06. The maximum atomic E-state index is 2.37. The fourth-order valence-electron chi connectivity index (χ4n) is 0. The van der Waals surface area contributed by atoms with Gasteiger partial charge < -0.3 is 4.48 Å². The molecule has 0 bridgehead atoms. The summed E-state index contributed by atoms with van der Waals surface area (Å²) in [6.45, 7) is 0. The van der Waals surface area contributed by atoms with E-state index in [2.05, 4.69) is 43.7 Å². The molecule has 0 heterocycles. The van der Waals surface area contributed by atoms with Crippen molar-refractivity contribution in [3.63, 3.8) is 0 Å². The Hall–Kier alpha value is 0.690. The molecule has 38 valence electrons. The number of rotatable bonds is 1. The minimum Gasteiger partial charge on any atom is -0.323 e. The van der Waals surface area contributed by atoms with Crippen LogP contribution in [0.25, 0.3) is 0 Å². The van der Waals surface area contributed by atoms with Crippen LogP contribution in [0.15, 0.2) is 0 Å². The van der Waals surface area contributed by atoms with Crippen LogP contribution >= 0.6 is 22.6 Å². The van der Waals surface area contributed by atoms with Crippen molar-refractivity contribution in [3.8, 4) is 0 Å². The van der Waals surface area contributed by atoms with Crippen LogP contribution in [0.3, 0.4) is 0 Å². The van der Waals surface area contributed by atoms with Gasteiger partial charge in [0.25, 0.3) is 0 Å². The largest absolute Gasteiger partial charge is 0.323 e. The van der Waals surface area contributed by atoms with Gasteiger partial charge in [0.05, 0.1) is 21.1 Å². The second-order valence-corrected chi connectivity index (χ2v) is 3.09. The molecule has 0 atom stereocenters. The van der Waals surface area contributed by atoms with Crippen LogP contribution in [-0.4, -0.2) is 30.2 Å². The summed E-state index contributed by atoms with van der Waals surface area (Å²) >= 11 is 2.37. The molecule has 0 N–H and O–H groups in total. The number of quaternary nitrogens is 1. The van der Waals surface area contributed by atoms with Crippen molar-refractivity contribution in [2.24, 2.45) is 0 Å². The molecule has 0 saturated carbocycles. The third-order valence-electron chi connectivity index (χ3n) is 0.359. The minimum atomic E-state index is 1.06. The van der Waals surface area contributed by atoms with Gasteiger partial charge in [-0.25, -0.2) is 0 Å². The first kappa shape index (κ1) is 6.69. The van der Waals surface area contributed by atoms with Crippen molar-refractivity contribution < 1.29 is 4.48 Å². The van der Waals surface area contributed by atoms with Gasteiger partial charge in [-0.2, -0.15) is 0 Å². The van der Waals surface area contributed by atoms with Crippen LogP contribution in [0.4, 0.5) is 0 Å². The molecule has 0 aliphatic heterocycles. The summed E-state index contributed by atoms with van der Waals surface area (Å²) in [5.74, 6) is 0. The van der Waals surface area contributed by atoms with Crippen LogP contribution in [0, 0.1) is 0 Å². The van der Waals surface area contributed by atoms with Gasteiger partial charge in [-0.1, -0.05) is 0 Å². The normalized spacial score (nSPS) is 12.0. The lowest BCUT2D eigenvalue weighted by Crippen LogP contribution is -2.31. The van der Waals surface area contributed by atoms with Gasteiger partial charge in [0.1, 0.15) is 4.55 Å². The van der Waals surface area contributed by atoms with Crippen LogP contribution in [0.5, 0.6) is 0 Å². The van der Waals surface area contributed by atoms with E-state index in [1.165, 1.54) is 4.55 Å². The van der Waals surface area contributed by atoms with Gasteiger partial charge in [-0.05, 0) is 22.6 Å². The molecule has 0 amide bonds. The van der Waals surface area contributed by atoms with Crippen LogP contribution < -0.4 is 0 Å². The lowest BCUT2D eigenvalue weighted by molar-refractivity contribution is -0.853. The Bertz CT molecular complexity index is 37.3. The van der Waals surface area contributed by atoms with Gasteiger partial charge in [0.15, 0.2) is 0 Å². The second kappa shape index (κ2) is 2.12. The molecule has 0 aromatic carbocycles. The molecule has 0 spiro atoms. The molecular weight excluding hydrogens is 191 g/mol. The summed E-state index contributed by atoms with van der Waals surface area (Å²) in [6.07, 6.45) is 0. The maximum absolute atomic E-state index is 2.37. The van der Waals surface area contributed by atoms with Crippen molar-refractivity contribution in [2.75, 3.05) is 25.7 Å². The highest BCUT2D eigenvalue weighted by molar-refractivity contribution is 14.1. The zero-order valence-corrected chi connectivity index (χ0v) is 6.69. The van der Waals surface area contributed by atoms with E-state index < -0.39 is 0 Å². The molecule has 2 heteroatoms. The first-order valence-corrected chi connectivity index (χ1v) is 3.45. The molecule has 0 aromatic rings. The molecule has 0 aliphatic rings. The summed E-state index contributed by atoms with van der Waals surface area (Å²) < 4.78 is 2.23. The standard InChI is InChI=1S/C4H11IN/c1-6(2,3)4-5/h4H2,1-3H3/q+1/i4+2. The van der Waals surface area contributed by atoms with Gasteiger partial charge in [-0.3, -0.25) is 0 Å². The molecule has 1 nitrogen and oxygen atoms in total. The molecule has 0 radical (unpaired) electrons. The van der Waals surface area contributed by atoms with Gasteiger partial charge in [0.2, 0.25) is 0 Å². The van der Waals surface area contributed by atoms with Crippen molar-refractivity contribution in [2.45, 2.75) is 0 Å². The van der Waals surface area contributed by atoms with Crippen molar-refractivity contribution in [1.82, 2.24) is 0 Å². The number of hydrogen-bond acceptors (Lipinski definition) is 0. The van der Waals surface area contributed by atoms with E-state index in [1.54, 1.807) is 0 Å². The van der Waals surface area contributed by atoms with Crippen molar-refractivity contribution >= 4 is 22.6 Å². The number of hydrogen-bond donors (Lipinski definition) is 0. The van der Waals surface area contributed by atoms with Gasteiger partial charge in [0, 0.05) is 0 Å². The van der Waals surface area contributed by atoms with Crippen molar-refractivity contribution in [3.05, 3.63) is 0 Å². The highest BCUT2D eigenvalue weighted by Crippen LogP contribution is 1.93. The summed E-state index contributed by atoms with van der Waals surface area (Å²) in [6, 6.07) is 0. The van der Waals surface area contributed by atoms with Crippen LogP contribution in [-0.2, 0) is 0 Å². The smallest absolute Gasteiger partial charge is 0.129 e. The first-order valence-electron chi connectivity index (χ1n) is 1.93. The molecule has 0 aliphatic carbocycles. The maximum Gasteiger partial charge on any atom is 0.129 e. The Morgan fingerprint density at radius 3 is 1.50 bits per heavy atom. The molecule has 0 unspecified atom stereocenters. The lowest BCUT2D eigenvalue weighted by atomic mass is 10.9. The average molecular weight is 202 g/mol. The monoisotopic (exact) mass is 202 g/mol. The predicted octanol–water partition coefficient (Wildman–Crippen LogP) is 1.09. The SMILES string of the molecule is C[N+](C)(C)[14CH2]I. The molecule has 0 fully saturated rings. The fraction of sp³-hybridized carbons (Fsp3) is 1.00. The third kappa shape index (κ3) is 4.69. The van der Waals surface area contributed by atoms with E-state index in [9.17, 15) is 0 Å². The average Bonchev–Trinajstić information content (AvgIpc) is 1.35. The zero-order chi connectivity index (χ0) is 5.21. The number of alkyl halides is 1. The van der Waals surface area contributed by atoms with Crippen molar-refractivity contribution in [1.29, 1.82) is 0 Å². The Kier molecular flexibility index (Phi) is 2.36. The van der Waals surface area contributed by atoms with E-state index in [0.29, 0.717) is 0 Å². The molecule has 0 saturated heterocycles. The highest BCUT2D eigenvalue weighted by Gasteiger charge is 1.99. The van der Waals surface area contributed by atoms with E-state index in [-0.39, 0.29) is 0 Å². The third-order valence-corrected chi connectivity index (χ3v) is 2.41. The predicted molar refractivity (Wildman–Crippen MR) is 36.9 cm³/mol. The zero-order valence-electron chi connectivity index (χ0n) is 4.53. The quantitative estimate of drug-likeness (QED) is 0.258. The molecular formula is C4H11IN+. The van der Waals surface area contributed by atoms with Crippen LogP contribution in [0.1, 0.15) is 0 Å². The Morgan fingerprint density at radius 1 is 1.33 bits per heavy atom. The second-order valence-electron chi connectivity index (χ2n) is 2.41. The Morgan fingerprint density at radius 2 is 1.50 bits per heavy atom. The molecule has 0 aromatic heterocycles. The summed E-state index contributed by atoms with van der Waals surface area (Å²) in [7, 11) is 6.52. The first-order chi connectivity index (χ1) is 2.56. The van der Waals surface area contributed by atoms with E-state index >= 15 is 0 Å².